The highest BCUT2D eigenvalue weighted by molar-refractivity contribution is 7.22. The molecule has 1 aliphatic rings. The number of thiazole rings is 1. The molecule has 7 nitrogen and oxygen atoms in total. The van der Waals surface area contributed by atoms with Gasteiger partial charge in [0.2, 0.25) is 0 Å². The number of hydrogen-bond donors (Lipinski definition) is 1. The standard InChI is InChI=1S/C26H17Cl2FN2O5S/c1-35-15-5-3-4-12(8-15)21-20(22(32)16-9-13(27)10-17(28)24(16)36-2)23(33)25(34)31(21)26-30-18-7-6-14(29)11-19(18)37-26/h3-11,21,32H,1-2H3/b22-20+. The van der Waals surface area contributed by atoms with E-state index in [0.29, 0.717) is 21.5 Å². The van der Waals surface area contributed by atoms with Crippen molar-refractivity contribution in [1.29, 1.82) is 0 Å². The molecule has 1 aliphatic heterocycles. The van der Waals surface area contributed by atoms with Gasteiger partial charge >= 0.3 is 5.91 Å². The Balaban J connectivity index is 1.78. The van der Waals surface area contributed by atoms with Crippen molar-refractivity contribution in [3.05, 3.63) is 87.2 Å². The van der Waals surface area contributed by atoms with E-state index in [0.717, 1.165) is 11.3 Å². The van der Waals surface area contributed by atoms with Crippen molar-refractivity contribution in [1.82, 2.24) is 4.98 Å². The number of methoxy groups -OCH3 is 2. The number of amides is 1. The molecule has 0 spiro atoms. The van der Waals surface area contributed by atoms with Crippen LogP contribution < -0.4 is 14.4 Å². The van der Waals surface area contributed by atoms with Crippen molar-refractivity contribution >= 4 is 67.3 Å². The third kappa shape index (κ3) is 4.29. The number of fused-ring (bicyclic) bond motifs is 1. The number of hydrogen-bond acceptors (Lipinski definition) is 7. The maximum Gasteiger partial charge on any atom is 0.301 e. The van der Waals surface area contributed by atoms with E-state index in [1.807, 2.05) is 0 Å². The zero-order valence-corrected chi connectivity index (χ0v) is 21.6. The molecule has 1 aromatic heterocycles. The van der Waals surface area contributed by atoms with Gasteiger partial charge in [-0.15, -0.1) is 0 Å². The van der Waals surface area contributed by atoms with E-state index in [2.05, 4.69) is 4.98 Å². The summed E-state index contributed by atoms with van der Waals surface area (Å²) in [6, 6.07) is 12.5. The summed E-state index contributed by atoms with van der Waals surface area (Å²) in [5.74, 6) is -2.30. The molecule has 188 valence electrons. The van der Waals surface area contributed by atoms with Gasteiger partial charge in [0.15, 0.2) is 5.13 Å². The molecule has 4 aromatic rings. The molecular weight excluding hydrogens is 542 g/mol. The molecule has 0 saturated carbocycles. The number of anilines is 1. The number of nitrogens with zero attached hydrogens (tertiary/aromatic N) is 2. The Kier molecular flexibility index (Phi) is 6.53. The summed E-state index contributed by atoms with van der Waals surface area (Å²) in [5.41, 5.74) is 0.742. The molecule has 1 atom stereocenters. The van der Waals surface area contributed by atoms with Crippen LogP contribution in [0, 0.1) is 5.82 Å². The normalized spacial score (nSPS) is 17.0. The fraction of sp³-hybridized carbons (Fsp3) is 0.115. The van der Waals surface area contributed by atoms with Crippen LogP contribution in [0.15, 0.2) is 60.2 Å². The van der Waals surface area contributed by atoms with E-state index in [4.69, 9.17) is 32.7 Å². The molecule has 1 saturated heterocycles. The van der Waals surface area contributed by atoms with E-state index in [-0.39, 0.29) is 32.1 Å². The van der Waals surface area contributed by atoms with Crippen LogP contribution in [0.2, 0.25) is 10.0 Å². The van der Waals surface area contributed by atoms with Crippen LogP contribution in [0.25, 0.3) is 16.0 Å². The molecular formula is C26H17Cl2FN2O5S. The lowest BCUT2D eigenvalue weighted by Gasteiger charge is -2.23. The molecule has 0 bridgehead atoms. The summed E-state index contributed by atoms with van der Waals surface area (Å²) >= 11 is 13.5. The quantitative estimate of drug-likeness (QED) is 0.173. The largest absolute Gasteiger partial charge is 0.507 e. The van der Waals surface area contributed by atoms with Gasteiger partial charge < -0.3 is 14.6 Å². The predicted molar refractivity (Wildman–Crippen MR) is 140 cm³/mol. The average Bonchev–Trinajstić information content (AvgIpc) is 3.40. The van der Waals surface area contributed by atoms with E-state index in [9.17, 15) is 19.1 Å². The van der Waals surface area contributed by atoms with Gasteiger partial charge in [0.1, 0.15) is 23.1 Å². The maximum absolute atomic E-state index is 13.8. The van der Waals surface area contributed by atoms with Gasteiger partial charge in [-0.25, -0.2) is 9.37 Å². The summed E-state index contributed by atoms with van der Waals surface area (Å²) in [5, 5.41) is 11.9. The lowest BCUT2D eigenvalue weighted by Crippen LogP contribution is -2.29. The second kappa shape index (κ2) is 9.66. The van der Waals surface area contributed by atoms with Crippen molar-refractivity contribution in [2.24, 2.45) is 0 Å². The summed E-state index contributed by atoms with van der Waals surface area (Å²) in [7, 11) is 2.83. The fourth-order valence-electron chi connectivity index (χ4n) is 4.23. The van der Waals surface area contributed by atoms with Gasteiger partial charge in [-0.2, -0.15) is 0 Å². The number of aliphatic hydroxyl groups is 1. The van der Waals surface area contributed by atoms with Crippen LogP contribution in [0.3, 0.4) is 0 Å². The van der Waals surface area contributed by atoms with Crippen LogP contribution in [0.5, 0.6) is 11.5 Å². The molecule has 3 aromatic carbocycles. The van der Waals surface area contributed by atoms with Crippen molar-refractivity contribution in [2.75, 3.05) is 19.1 Å². The molecule has 1 fully saturated rings. The lowest BCUT2D eigenvalue weighted by molar-refractivity contribution is -0.132. The van der Waals surface area contributed by atoms with Gasteiger partial charge in [-0.05, 0) is 48.0 Å². The molecule has 11 heteroatoms. The number of halogens is 3. The highest BCUT2D eigenvalue weighted by Gasteiger charge is 2.48. The van der Waals surface area contributed by atoms with Crippen molar-refractivity contribution in [2.45, 2.75) is 6.04 Å². The minimum absolute atomic E-state index is 0.0391. The first-order chi connectivity index (χ1) is 17.7. The highest BCUT2D eigenvalue weighted by Crippen LogP contribution is 2.46. The first-order valence-corrected chi connectivity index (χ1v) is 12.3. The Labute approximate surface area is 224 Å². The Morgan fingerprint density at radius 1 is 1.08 bits per heavy atom. The lowest BCUT2D eigenvalue weighted by atomic mass is 9.95. The van der Waals surface area contributed by atoms with Crippen molar-refractivity contribution in [3.8, 4) is 11.5 Å². The number of benzene rings is 3. The monoisotopic (exact) mass is 558 g/mol. The fourth-order valence-corrected chi connectivity index (χ4v) is 5.82. The van der Waals surface area contributed by atoms with E-state index in [1.165, 1.54) is 49.5 Å². The summed E-state index contributed by atoms with van der Waals surface area (Å²) in [4.78, 5) is 32.5. The van der Waals surface area contributed by atoms with Crippen molar-refractivity contribution in [3.63, 3.8) is 0 Å². The minimum atomic E-state index is -1.09. The second-order valence-electron chi connectivity index (χ2n) is 8.02. The molecule has 2 heterocycles. The number of ketones is 1. The van der Waals surface area contributed by atoms with Crippen LogP contribution >= 0.6 is 34.5 Å². The number of ether oxygens (including phenoxy) is 2. The molecule has 0 radical (unpaired) electrons. The van der Waals surface area contributed by atoms with Gasteiger partial charge in [0, 0.05) is 5.02 Å². The topological polar surface area (TPSA) is 89.0 Å². The maximum atomic E-state index is 13.8. The number of Topliss-reactive ketones (excluding diaryl/α,β-unsaturated/α-hetero) is 1. The minimum Gasteiger partial charge on any atom is -0.507 e. The van der Waals surface area contributed by atoms with Crippen LogP contribution in [-0.2, 0) is 9.59 Å². The average molecular weight is 559 g/mol. The molecule has 1 N–H and O–H groups in total. The number of aromatic nitrogens is 1. The first kappa shape index (κ1) is 25.0. The second-order valence-corrected chi connectivity index (χ2v) is 9.88. The Morgan fingerprint density at radius 2 is 1.86 bits per heavy atom. The van der Waals surface area contributed by atoms with E-state index in [1.54, 1.807) is 24.3 Å². The first-order valence-electron chi connectivity index (χ1n) is 10.8. The molecule has 0 aliphatic carbocycles. The van der Waals surface area contributed by atoms with E-state index < -0.39 is 29.3 Å². The van der Waals surface area contributed by atoms with Gasteiger partial charge in [0.05, 0.1) is 46.6 Å². The van der Waals surface area contributed by atoms with Crippen LogP contribution in [0.4, 0.5) is 9.52 Å². The SMILES string of the molecule is COc1cccc(C2/C(=C(\O)c3cc(Cl)cc(Cl)c3OC)C(=O)C(=O)N2c2nc3ccc(F)cc3s2)c1. The molecule has 1 amide bonds. The summed E-state index contributed by atoms with van der Waals surface area (Å²) < 4.78 is 25.0. The Bertz CT molecular complexity index is 1620. The Morgan fingerprint density at radius 3 is 2.59 bits per heavy atom. The predicted octanol–water partition coefficient (Wildman–Crippen LogP) is 6.39. The van der Waals surface area contributed by atoms with Gasteiger partial charge in [-0.3, -0.25) is 14.5 Å². The molecule has 5 rings (SSSR count). The van der Waals surface area contributed by atoms with E-state index >= 15 is 0 Å². The van der Waals surface area contributed by atoms with Gasteiger partial charge in [-0.1, -0.05) is 46.7 Å². The van der Waals surface area contributed by atoms with Crippen molar-refractivity contribution < 1.29 is 28.6 Å². The smallest absolute Gasteiger partial charge is 0.301 e. The van der Waals surface area contributed by atoms with Crippen LogP contribution in [0.1, 0.15) is 17.2 Å². The third-order valence-electron chi connectivity index (χ3n) is 5.87. The number of carbonyl (C=O) groups excluding carboxylic acids is 2. The van der Waals surface area contributed by atoms with Gasteiger partial charge in [0.25, 0.3) is 5.78 Å². The number of carbonyl (C=O) groups is 2. The third-order valence-corrected chi connectivity index (χ3v) is 7.38. The molecule has 37 heavy (non-hydrogen) atoms. The zero-order chi connectivity index (χ0) is 26.4. The Hall–Kier alpha value is -3.66. The molecule has 1 unspecified atom stereocenters. The zero-order valence-electron chi connectivity index (χ0n) is 19.3. The van der Waals surface area contributed by atoms with Crippen LogP contribution in [-0.4, -0.2) is 36.0 Å². The summed E-state index contributed by atoms with van der Waals surface area (Å²) in [6.45, 7) is 0. The number of rotatable bonds is 5. The number of aliphatic hydroxyl groups excluding tert-OH is 1. The summed E-state index contributed by atoms with van der Waals surface area (Å²) in [6.07, 6.45) is 0. The highest BCUT2D eigenvalue weighted by atomic mass is 35.5.